The van der Waals surface area contributed by atoms with Crippen molar-refractivity contribution in [3.63, 3.8) is 0 Å². The molecular weight excluding hydrogens is 440 g/mol. The van der Waals surface area contributed by atoms with Crippen LogP contribution in [0.1, 0.15) is 40.9 Å². The van der Waals surface area contributed by atoms with Crippen LogP contribution in [-0.2, 0) is 24.7 Å². The molecule has 0 saturated heterocycles. The average molecular weight is 463 g/mol. The maximum Gasteiger partial charge on any atom is 0.325 e. The molecule has 9 heteroatoms. The van der Waals surface area contributed by atoms with E-state index in [1.807, 2.05) is 0 Å². The second-order valence-corrected chi connectivity index (χ2v) is 8.60. The number of nitrogens with one attached hydrogen (secondary N) is 1. The largest absolute Gasteiger partial charge is 0.454 e. The standard InChI is InChI=1S/C22H23ClN2O5S/c1-25(19(27)14-30-20(28)13-24-21(29)17-9-6-12-31-17)22(11-5-4-10-18(22)26)15-7-2-3-8-16(15)23/h2-3,6-9,12H,4-5,10-11,13-14H2,1H3,(H,24,29). The first-order valence-corrected chi connectivity index (χ1v) is 11.1. The zero-order valence-electron chi connectivity index (χ0n) is 17.1. The minimum Gasteiger partial charge on any atom is -0.454 e. The van der Waals surface area contributed by atoms with Crippen molar-refractivity contribution in [1.29, 1.82) is 0 Å². The Hall–Kier alpha value is -2.71. The number of likely N-dealkylation sites (N-methyl/N-ethyl adjacent to an activating group) is 1. The van der Waals surface area contributed by atoms with Crippen molar-refractivity contribution in [3.8, 4) is 0 Å². The number of carbonyl (C=O) groups excluding carboxylic acids is 4. The number of halogens is 1. The average Bonchev–Trinajstić information content (AvgIpc) is 3.31. The van der Waals surface area contributed by atoms with Crippen LogP contribution >= 0.6 is 22.9 Å². The molecule has 7 nitrogen and oxygen atoms in total. The van der Waals surface area contributed by atoms with Gasteiger partial charge in [0.25, 0.3) is 11.8 Å². The van der Waals surface area contributed by atoms with Crippen molar-refractivity contribution in [2.45, 2.75) is 31.2 Å². The maximum absolute atomic E-state index is 13.0. The number of carbonyl (C=O) groups is 4. The number of ether oxygens (including phenoxy) is 1. The molecule has 2 aromatic rings. The van der Waals surface area contributed by atoms with E-state index in [-0.39, 0.29) is 18.2 Å². The number of nitrogens with zero attached hydrogens (tertiary/aromatic N) is 1. The zero-order chi connectivity index (χ0) is 22.4. The van der Waals surface area contributed by atoms with Crippen molar-refractivity contribution >= 4 is 46.5 Å². The predicted molar refractivity (Wildman–Crippen MR) is 117 cm³/mol. The highest BCUT2D eigenvalue weighted by molar-refractivity contribution is 7.12. The number of rotatable bonds is 7. The lowest BCUT2D eigenvalue weighted by molar-refractivity contribution is -0.157. The molecule has 1 aromatic carbocycles. The molecule has 1 saturated carbocycles. The summed E-state index contributed by atoms with van der Waals surface area (Å²) in [6.07, 6.45) is 2.31. The summed E-state index contributed by atoms with van der Waals surface area (Å²) in [6.45, 7) is -0.897. The Bertz CT molecular complexity index is 978. The van der Waals surface area contributed by atoms with Gasteiger partial charge in [-0.25, -0.2) is 0 Å². The Morgan fingerprint density at radius 3 is 2.65 bits per heavy atom. The topological polar surface area (TPSA) is 92.8 Å². The molecule has 1 unspecified atom stereocenters. The number of Topliss-reactive ketones (excluding diaryl/α,β-unsaturated/α-hetero) is 1. The third kappa shape index (κ3) is 4.97. The first kappa shape index (κ1) is 23.0. The van der Waals surface area contributed by atoms with Crippen molar-refractivity contribution < 1.29 is 23.9 Å². The van der Waals surface area contributed by atoms with Crippen LogP contribution in [0.2, 0.25) is 5.02 Å². The normalized spacial score (nSPS) is 18.3. The van der Waals surface area contributed by atoms with Crippen LogP contribution in [0.25, 0.3) is 0 Å². The van der Waals surface area contributed by atoms with Gasteiger partial charge in [0.2, 0.25) is 0 Å². The van der Waals surface area contributed by atoms with E-state index in [2.05, 4.69) is 5.32 Å². The van der Waals surface area contributed by atoms with Crippen LogP contribution in [0.5, 0.6) is 0 Å². The number of benzene rings is 1. The number of hydrogen-bond acceptors (Lipinski definition) is 6. The van der Waals surface area contributed by atoms with E-state index in [0.29, 0.717) is 28.3 Å². The van der Waals surface area contributed by atoms with Crippen LogP contribution in [0.3, 0.4) is 0 Å². The van der Waals surface area contributed by atoms with E-state index in [4.69, 9.17) is 16.3 Å². The fraction of sp³-hybridized carbons (Fsp3) is 0.364. The van der Waals surface area contributed by atoms with Crippen molar-refractivity contribution in [2.24, 2.45) is 0 Å². The van der Waals surface area contributed by atoms with Crippen LogP contribution in [-0.4, -0.2) is 48.7 Å². The van der Waals surface area contributed by atoms with E-state index in [1.165, 1.54) is 23.3 Å². The Balaban J connectivity index is 1.65. The molecular formula is C22H23ClN2O5S. The van der Waals surface area contributed by atoms with Crippen LogP contribution in [0.15, 0.2) is 41.8 Å². The zero-order valence-corrected chi connectivity index (χ0v) is 18.6. The Morgan fingerprint density at radius 2 is 1.97 bits per heavy atom. The monoisotopic (exact) mass is 462 g/mol. The fourth-order valence-electron chi connectivity index (χ4n) is 3.78. The van der Waals surface area contributed by atoms with Gasteiger partial charge in [-0.3, -0.25) is 19.2 Å². The predicted octanol–water partition coefficient (Wildman–Crippen LogP) is 3.17. The van der Waals surface area contributed by atoms with Gasteiger partial charge < -0.3 is 15.0 Å². The van der Waals surface area contributed by atoms with Gasteiger partial charge in [-0.2, -0.15) is 0 Å². The molecule has 1 N–H and O–H groups in total. The highest BCUT2D eigenvalue weighted by Crippen LogP contribution is 2.42. The summed E-state index contributed by atoms with van der Waals surface area (Å²) in [5.74, 6) is -1.74. The number of amides is 2. The summed E-state index contributed by atoms with van der Waals surface area (Å²) >= 11 is 7.64. The lowest BCUT2D eigenvalue weighted by Crippen LogP contribution is -2.55. The molecule has 1 aliphatic carbocycles. The fourth-order valence-corrected chi connectivity index (χ4v) is 4.71. The van der Waals surface area contributed by atoms with Crippen LogP contribution < -0.4 is 5.32 Å². The van der Waals surface area contributed by atoms with Crippen LogP contribution in [0, 0.1) is 0 Å². The second-order valence-electron chi connectivity index (χ2n) is 7.24. The number of hydrogen-bond donors (Lipinski definition) is 1. The Kier molecular flexibility index (Phi) is 7.46. The molecule has 2 amide bonds. The summed E-state index contributed by atoms with van der Waals surface area (Å²) < 4.78 is 5.04. The second kappa shape index (κ2) is 10.1. The van der Waals surface area contributed by atoms with Gasteiger partial charge in [0.15, 0.2) is 12.4 Å². The molecule has 1 heterocycles. The van der Waals surface area contributed by atoms with Gasteiger partial charge >= 0.3 is 5.97 Å². The molecule has 0 bridgehead atoms. The summed E-state index contributed by atoms with van der Waals surface area (Å²) in [7, 11) is 1.53. The summed E-state index contributed by atoms with van der Waals surface area (Å²) in [5, 5.41) is 4.61. The summed E-state index contributed by atoms with van der Waals surface area (Å²) in [4.78, 5) is 51.6. The number of thiophene rings is 1. The Morgan fingerprint density at radius 1 is 1.19 bits per heavy atom. The highest BCUT2D eigenvalue weighted by Gasteiger charge is 2.47. The smallest absolute Gasteiger partial charge is 0.325 e. The first-order valence-electron chi connectivity index (χ1n) is 9.88. The van der Waals surface area contributed by atoms with Gasteiger partial charge in [0, 0.05) is 24.1 Å². The molecule has 3 rings (SSSR count). The molecule has 1 fully saturated rings. The van der Waals surface area contributed by atoms with Gasteiger partial charge in [-0.15, -0.1) is 11.3 Å². The minimum absolute atomic E-state index is 0.0859. The van der Waals surface area contributed by atoms with Crippen molar-refractivity contribution in [1.82, 2.24) is 10.2 Å². The number of esters is 1. The minimum atomic E-state index is -1.19. The molecule has 1 aromatic heterocycles. The highest BCUT2D eigenvalue weighted by atomic mass is 35.5. The third-order valence-electron chi connectivity index (χ3n) is 5.41. The third-order valence-corrected chi connectivity index (χ3v) is 6.61. The molecule has 31 heavy (non-hydrogen) atoms. The first-order chi connectivity index (χ1) is 14.9. The summed E-state index contributed by atoms with van der Waals surface area (Å²) in [6, 6.07) is 10.4. The number of ketones is 1. The van der Waals surface area contributed by atoms with E-state index >= 15 is 0 Å². The van der Waals surface area contributed by atoms with Gasteiger partial charge in [0.1, 0.15) is 12.1 Å². The maximum atomic E-state index is 13.0. The summed E-state index contributed by atoms with van der Waals surface area (Å²) in [5.41, 5.74) is -0.611. The van der Waals surface area contributed by atoms with E-state index in [0.717, 1.165) is 12.8 Å². The molecule has 0 aliphatic heterocycles. The molecule has 1 atom stereocenters. The molecule has 0 spiro atoms. The van der Waals surface area contributed by atoms with Crippen molar-refractivity contribution in [2.75, 3.05) is 20.2 Å². The van der Waals surface area contributed by atoms with Gasteiger partial charge in [-0.05, 0) is 36.8 Å². The molecule has 0 radical (unpaired) electrons. The SMILES string of the molecule is CN(C(=O)COC(=O)CNC(=O)c1cccs1)C1(c2ccccc2Cl)CCCCC1=O. The molecule has 1 aliphatic rings. The van der Waals surface area contributed by atoms with E-state index in [9.17, 15) is 19.2 Å². The lowest BCUT2D eigenvalue weighted by Gasteiger charge is -2.43. The Labute approximate surface area is 189 Å². The van der Waals surface area contributed by atoms with Gasteiger partial charge in [0.05, 0.1) is 4.88 Å². The van der Waals surface area contributed by atoms with Gasteiger partial charge in [-0.1, -0.05) is 35.9 Å². The van der Waals surface area contributed by atoms with E-state index < -0.39 is 24.0 Å². The van der Waals surface area contributed by atoms with Crippen molar-refractivity contribution in [3.05, 3.63) is 57.2 Å². The van der Waals surface area contributed by atoms with E-state index in [1.54, 1.807) is 41.8 Å². The van der Waals surface area contributed by atoms with Crippen LogP contribution in [0.4, 0.5) is 0 Å². The lowest BCUT2D eigenvalue weighted by atomic mass is 9.74. The quantitative estimate of drug-likeness (QED) is 0.638. The molecule has 164 valence electrons.